The van der Waals surface area contributed by atoms with Crippen LogP contribution in [0.15, 0.2) is 47.2 Å². The molecular formula is C18H18N4O4. The second-order valence-electron chi connectivity index (χ2n) is 5.34. The zero-order chi connectivity index (χ0) is 18.4. The van der Waals surface area contributed by atoms with E-state index in [1.54, 1.807) is 44.8 Å². The van der Waals surface area contributed by atoms with Crippen molar-refractivity contribution in [3.05, 3.63) is 54.2 Å². The molecule has 8 nitrogen and oxygen atoms in total. The number of pyridine rings is 1. The summed E-state index contributed by atoms with van der Waals surface area (Å²) in [7, 11) is 3.19. The number of rotatable bonds is 7. The minimum absolute atomic E-state index is 0.0847. The molecule has 0 saturated heterocycles. The average Bonchev–Trinajstić information content (AvgIpc) is 3.19. The number of ether oxygens (including phenoxy) is 2. The van der Waals surface area contributed by atoms with Crippen molar-refractivity contribution in [3.63, 3.8) is 0 Å². The molecule has 3 rings (SSSR count). The maximum absolute atomic E-state index is 12.2. The van der Waals surface area contributed by atoms with Crippen LogP contribution in [-0.2, 0) is 6.42 Å². The quantitative estimate of drug-likeness (QED) is 0.694. The van der Waals surface area contributed by atoms with Gasteiger partial charge in [0.15, 0.2) is 0 Å². The molecular weight excluding hydrogens is 336 g/mol. The summed E-state index contributed by atoms with van der Waals surface area (Å²) >= 11 is 0. The van der Waals surface area contributed by atoms with Gasteiger partial charge in [0, 0.05) is 30.6 Å². The van der Waals surface area contributed by atoms with Crippen LogP contribution >= 0.6 is 0 Å². The SMILES string of the molecule is COc1ccc(CCNC(=O)c2nc(-c3ccncc3)no2)c(OC)c1. The first-order valence-electron chi connectivity index (χ1n) is 7.94. The summed E-state index contributed by atoms with van der Waals surface area (Å²) in [5.74, 6) is 1.25. The normalized spacial score (nSPS) is 10.4. The van der Waals surface area contributed by atoms with Crippen molar-refractivity contribution in [2.45, 2.75) is 6.42 Å². The highest BCUT2D eigenvalue weighted by atomic mass is 16.5. The lowest BCUT2D eigenvalue weighted by Gasteiger charge is -2.10. The zero-order valence-electron chi connectivity index (χ0n) is 14.4. The van der Waals surface area contributed by atoms with Crippen LogP contribution in [0.2, 0.25) is 0 Å². The second kappa shape index (κ2) is 8.11. The number of hydrogen-bond acceptors (Lipinski definition) is 7. The Hall–Kier alpha value is -3.42. The van der Waals surface area contributed by atoms with Crippen molar-refractivity contribution in [1.82, 2.24) is 20.4 Å². The number of carbonyl (C=O) groups is 1. The van der Waals surface area contributed by atoms with Crippen molar-refractivity contribution in [1.29, 1.82) is 0 Å². The van der Waals surface area contributed by atoms with Gasteiger partial charge in [-0.1, -0.05) is 11.2 Å². The van der Waals surface area contributed by atoms with E-state index in [1.807, 2.05) is 12.1 Å². The summed E-state index contributed by atoms with van der Waals surface area (Å²) in [6.45, 7) is 0.397. The molecule has 1 N–H and O–H groups in total. The van der Waals surface area contributed by atoms with Gasteiger partial charge in [-0.3, -0.25) is 9.78 Å². The molecule has 0 bridgehead atoms. The Morgan fingerprint density at radius 2 is 1.96 bits per heavy atom. The van der Waals surface area contributed by atoms with E-state index < -0.39 is 5.91 Å². The largest absolute Gasteiger partial charge is 0.497 e. The van der Waals surface area contributed by atoms with Gasteiger partial charge in [-0.15, -0.1) is 0 Å². The molecule has 0 aliphatic carbocycles. The van der Waals surface area contributed by atoms with Gasteiger partial charge >= 0.3 is 11.8 Å². The molecule has 2 aromatic heterocycles. The van der Waals surface area contributed by atoms with Gasteiger partial charge in [0.2, 0.25) is 5.82 Å². The molecule has 0 unspecified atom stereocenters. The van der Waals surface area contributed by atoms with Crippen molar-refractivity contribution < 1.29 is 18.8 Å². The standard InChI is InChI=1S/C18H18N4O4/c1-24-14-4-3-12(15(11-14)25-2)7-10-20-17(23)18-21-16(22-26-18)13-5-8-19-9-6-13/h3-6,8-9,11H,7,10H2,1-2H3,(H,20,23). The van der Waals surface area contributed by atoms with Gasteiger partial charge in [-0.05, 0) is 30.2 Å². The fraction of sp³-hybridized carbons (Fsp3) is 0.222. The molecule has 0 spiro atoms. The van der Waals surface area contributed by atoms with E-state index in [2.05, 4.69) is 20.4 Å². The number of carbonyl (C=O) groups excluding carboxylic acids is 1. The number of amides is 1. The third-order valence-corrected chi connectivity index (χ3v) is 3.73. The maximum atomic E-state index is 12.2. The summed E-state index contributed by atoms with van der Waals surface area (Å²) in [6.07, 6.45) is 3.83. The van der Waals surface area contributed by atoms with E-state index in [9.17, 15) is 4.79 Å². The molecule has 134 valence electrons. The van der Waals surface area contributed by atoms with Gasteiger partial charge in [-0.25, -0.2) is 0 Å². The minimum atomic E-state index is -0.426. The first-order valence-corrected chi connectivity index (χ1v) is 7.94. The number of nitrogens with zero attached hydrogens (tertiary/aromatic N) is 3. The first kappa shape index (κ1) is 17.4. The summed E-state index contributed by atoms with van der Waals surface area (Å²) in [5.41, 5.74) is 1.68. The van der Waals surface area contributed by atoms with Crippen LogP contribution < -0.4 is 14.8 Å². The molecule has 0 radical (unpaired) electrons. The molecule has 3 aromatic rings. The zero-order valence-corrected chi connectivity index (χ0v) is 14.4. The van der Waals surface area contributed by atoms with Crippen LogP contribution in [-0.4, -0.2) is 41.8 Å². The van der Waals surface area contributed by atoms with Gasteiger partial charge in [0.05, 0.1) is 14.2 Å². The predicted octanol–water partition coefficient (Wildman–Crippen LogP) is 2.12. The fourth-order valence-electron chi connectivity index (χ4n) is 2.38. The summed E-state index contributed by atoms with van der Waals surface area (Å²) in [4.78, 5) is 20.2. The van der Waals surface area contributed by atoms with E-state index in [1.165, 1.54) is 0 Å². The molecule has 1 amide bonds. The Bertz CT molecular complexity index is 880. The summed E-state index contributed by atoms with van der Waals surface area (Å²) < 4.78 is 15.5. The van der Waals surface area contributed by atoms with Crippen molar-refractivity contribution in [2.75, 3.05) is 20.8 Å². The van der Waals surface area contributed by atoms with Gasteiger partial charge < -0.3 is 19.3 Å². The van der Waals surface area contributed by atoms with Crippen molar-refractivity contribution in [3.8, 4) is 22.9 Å². The Balaban J connectivity index is 1.59. The molecule has 0 atom stereocenters. The number of hydrogen-bond donors (Lipinski definition) is 1. The second-order valence-corrected chi connectivity index (χ2v) is 5.34. The molecule has 2 heterocycles. The minimum Gasteiger partial charge on any atom is -0.497 e. The highest BCUT2D eigenvalue weighted by molar-refractivity contribution is 5.89. The number of aromatic nitrogens is 3. The fourth-order valence-corrected chi connectivity index (χ4v) is 2.38. The van der Waals surface area contributed by atoms with E-state index >= 15 is 0 Å². The van der Waals surface area contributed by atoms with Crippen LogP contribution in [0.25, 0.3) is 11.4 Å². The Kier molecular flexibility index (Phi) is 5.43. The van der Waals surface area contributed by atoms with Crippen LogP contribution in [0, 0.1) is 0 Å². The number of benzene rings is 1. The molecule has 0 aliphatic heterocycles. The lowest BCUT2D eigenvalue weighted by Crippen LogP contribution is -2.26. The number of nitrogens with one attached hydrogen (secondary N) is 1. The predicted molar refractivity (Wildman–Crippen MR) is 93.1 cm³/mol. The molecule has 1 aromatic carbocycles. The Morgan fingerprint density at radius 3 is 2.69 bits per heavy atom. The van der Waals surface area contributed by atoms with E-state index in [0.29, 0.717) is 30.3 Å². The summed E-state index contributed by atoms with van der Waals surface area (Å²) in [5, 5.41) is 6.57. The van der Waals surface area contributed by atoms with Crippen molar-refractivity contribution in [2.24, 2.45) is 0 Å². The van der Waals surface area contributed by atoms with Crippen LogP contribution in [0.1, 0.15) is 16.2 Å². The third kappa shape index (κ3) is 3.97. The Labute approximate surface area is 150 Å². The average molecular weight is 354 g/mol. The van der Waals surface area contributed by atoms with Crippen molar-refractivity contribution >= 4 is 5.91 Å². The van der Waals surface area contributed by atoms with E-state index in [4.69, 9.17) is 14.0 Å². The highest BCUT2D eigenvalue weighted by Crippen LogP contribution is 2.24. The number of methoxy groups -OCH3 is 2. The highest BCUT2D eigenvalue weighted by Gasteiger charge is 2.16. The smallest absolute Gasteiger partial charge is 0.316 e. The molecule has 0 aliphatic rings. The molecule has 26 heavy (non-hydrogen) atoms. The van der Waals surface area contributed by atoms with Gasteiger partial charge in [0.1, 0.15) is 11.5 Å². The molecule has 8 heteroatoms. The first-order chi connectivity index (χ1) is 12.7. The van der Waals surface area contributed by atoms with Gasteiger partial charge in [-0.2, -0.15) is 4.98 Å². The lowest BCUT2D eigenvalue weighted by molar-refractivity contribution is 0.0910. The monoisotopic (exact) mass is 354 g/mol. The third-order valence-electron chi connectivity index (χ3n) is 3.73. The lowest BCUT2D eigenvalue weighted by atomic mass is 10.1. The van der Waals surface area contributed by atoms with E-state index in [0.717, 1.165) is 11.1 Å². The molecule has 0 saturated carbocycles. The maximum Gasteiger partial charge on any atom is 0.316 e. The topological polar surface area (TPSA) is 99.4 Å². The summed E-state index contributed by atoms with van der Waals surface area (Å²) in [6, 6.07) is 9.03. The van der Waals surface area contributed by atoms with E-state index in [-0.39, 0.29) is 5.89 Å². The van der Waals surface area contributed by atoms with Crippen LogP contribution in [0.4, 0.5) is 0 Å². The Morgan fingerprint density at radius 1 is 1.15 bits per heavy atom. The molecule has 0 fully saturated rings. The van der Waals surface area contributed by atoms with Crippen LogP contribution in [0.3, 0.4) is 0 Å². The van der Waals surface area contributed by atoms with Gasteiger partial charge in [0.25, 0.3) is 0 Å². The van der Waals surface area contributed by atoms with Crippen LogP contribution in [0.5, 0.6) is 11.5 Å².